The van der Waals surface area contributed by atoms with Crippen LogP contribution >= 0.6 is 0 Å². The number of rotatable bonds is 7. The molecule has 3 rings (SSSR count). The van der Waals surface area contributed by atoms with E-state index < -0.39 is 0 Å². The third kappa shape index (κ3) is 4.11. The number of hydrogen-bond acceptors (Lipinski definition) is 4. The molecule has 0 saturated heterocycles. The van der Waals surface area contributed by atoms with Crippen molar-refractivity contribution >= 4 is 6.29 Å². The number of ether oxygens (including phenoxy) is 3. The van der Waals surface area contributed by atoms with Crippen LogP contribution in [0.4, 0.5) is 0 Å². The van der Waals surface area contributed by atoms with Crippen LogP contribution in [0.2, 0.25) is 0 Å². The van der Waals surface area contributed by atoms with Crippen molar-refractivity contribution in [2.45, 2.75) is 13.5 Å². The van der Waals surface area contributed by atoms with Gasteiger partial charge in [0.25, 0.3) is 0 Å². The fourth-order valence-electron chi connectivity index (χ4n) is 3.01. The minimum Gasteiger partial charge on any atom is -0.496 e. The van der Waals surface area contributed by atoms with Crippen molar-refractivity contribution in [3.63, 3.8) is 0 Å². The molecule has 0 amide bonds. The SMILES string of the molecule is COc1cc(OCc2cccc(-c3ccccc3C)c2)cc(OC)c1C=O. The van der Waals surface area contributed by atoms with Gasteiger partial charge in [-0.1, -0.05) is 42.5 Å². The summed E-state index contributed by atoms with van der Waals surface area (Å²) >= 11 is 0. The minimum absolute atomic E-state index is 0.369. The van der Waals surface area contributed by atoms with Gasteiger partial charge in [-0.25, -0.2) is 0 Å². The summed E-state index contributed by atoms with van der Waals surface area (Å²) in [5, 5.41) is 0. The number of carbonyl (C=O) groups is 1. The maximum absolute atomic E-state index is 11.3. The van der Waals surface area contributed by atoms with E-state index in [4.69, 9.17) is 14.2 Å². The molecule has 0 spiro atoms. The van der Waals surface area contributed by atoms with E-state index in [0.717, 1.165) is 11.1 Å². The summed E-state index contributed by atoms with van der Waals surface area (Å²) in [5.74, 6) is 1.43. The Labute approximate surface area is 159 Å². The average Bonchev–Trinajstić information content (AvgIpc) is 2.71. The summed E-state index contributed by atoms with van der Waals surface area (Å²) in [7, 11) is 3.02. The molecule has 0 fully saturated rings. The minimum atomic E-state index is 0.369. The van der Waals surface area contributed by atoms with Crippen LogP contribution in [0.15, 0.2) is 60.7 Å². The lowest BCUT2D eigenvalue weighted by molar-refractivity contribution is 0.111. The van der Waals surface area contributed by atoms with Gasteiger partial charge in [-0.15, -0.1) is 0 Å². The van der Waals surface area contributed by atoms with E-state index in [2.05, 4.69) is 31.2 Å². The predicted molar refractivity (Wildman–Crippen MR) is 106 cm³/mol. The van der Waals surface area contributed by atoms with Gasteiger partial charge in [0.15, 0.2) is 6.29 Å². The van der Waals surface area contributed by atoms with Crippen LogP contribution in [0.5, 0.6) is 17.2 Å². The first-order valence-corrected chi connectivity index (χ1v) is 8.65. The quantitative estimate of drug-likeness (QED) is 0.551. The molecule has 0 bridgehead atoms. The maximum Gasteiger partial charge on any atom is 0.157 e. The Balaban J connectivity index is 1.82. The molecule has 0 aliphatic carbocycles. The van der Waals surface area contributed by atoms with Gasteiger partial charge in [0.2, 0.25) is 0 Å². The lowest BCUT2D eigenvalue weighted by Gasteiger charge is -2.13. The summed E-state index contributed by atoms with van der Waals surface area (Å²) in [4.78, 5) is 11.3. The first-order chi connectivity index (χ1) is 13.2. The zero-order valence-electron chi connectivity index (χ0n) is 15.7. The second kappa shape index (κ2) is 8.41. The molecule has 4 heteroatoms. The van der Waals surface area contributed by atoms with Crippen molar-refractivity contribution in [1.29, 1.82) is 0 Å². The normalized spacial score (nSPS) is 10.3. The van der Waals surface area contributed by atoms with Crippen molar-refractivity contribution in [3.8, 4) is 28.4 Å². The van der Waals surface area contributed by atoms with E-state index in [1.54, 1.807) is 12.1 Å². The summed E-state index contributed by atoms with van der Waals surface area (Å²) < 4.78 is 16.5. The highest BCUT2D eigenvalue weighted by Gasteiger charge is 2.13. The maximum atomic E-state index is 11.3. The molecule has 0 unspecified atom stereocenters. The third-order valence-corrected chi connectivity index (χ3v) is 4.42. The Morgan fingerprint density at radius 3 is 2.22 bits per heavy atom. The topological polar surface area (TPSA) is 44.8 Å². The fourth-order valence-corrected chi connectivity index (χ4v) is 3.01. The van der Waals surface area contributed by atoms with Crippen LogP contribution < -0.4 is 14.2 Å². The Morgan fingerprint density at radius 1 is 0.889 bits per heavy atom. The molecule has 3 aromatic carbocycles. The van der Waals surface area contributed by atoms with Crippen LogP contribution in [-0.4, -0.2) is 20.5 Å². The van der Waals surface area contributed by atoms with Crippen LogP contribution in [0.3, 0.4) is 0 Å². The van der Waals surface area contributed by atoms with Crippen molar-refractivity contribution in [3.05, 3.63) is 77.4 Å². The number of aldehydes is 1. The molecule has 138 valence electrons. The van der Waals surface area contributed by atoms with Gasteiger partial charge < -0.3 is 14.2 Å². The van der Waals surface area contributed by atoms with E-state index >= 15 is 0 Å². The molecular weight excluding hydrogens is 340 g/mol. The first kappa shape index (κ1) is 18.5. The molecule has 27 heavy (non-hydrogen) atoms. The van der Waals surface area contributed by atoms with Gasteiger partial charge in [0, 0.05) is 12.1 Å². The molecule has 3 aromatic rings. The number of carbonyl (C=O) groups excluding carboxylic acids is 1. The summed E-state index contributed by atoms with van der Waals surface area (Å²) in [5.41, 5.74) is 5.01. The second-order valence-electron chi connectivity index (χ2n) is 6.16. The largest absolute Gasteiger partial charge is 0.496 e. The number of methoxy groups -OCH3 is 2. The zero-order chi connectivity index (χ0) is 19.2. The average molecular weight is 362 g/mol. The molecule has 4 nitrogen and oxygen atoms in total. The smallest absolute Gasteiger partial charge is 0.157 e. The predicted octanol–water partition coefficient (Wildman–Crippen LogP) is 5.07. The molecule has 0 N–H and O–H groups in total. The van der Waals surface area contributed by atoms with Crippen LogP contribution in [0.25, 0.3) is 11.1 Å². The van der Waals surface area contributed by atoms with E-state index in [1.165, 1.54) is 25.3 Å². The third-order valence-electron chi connectivity index (χ3n) is 4.42. The van der Waals surface area contributed by atoms with Gasteiger partial charge in [-0.2, -0.15) is 0 Å². The molecular formula is C23H22O4. The van der Waals surface area contributed by atoms with E-state index in [1.807, 2.05) is 24.3 Å². The number of aryl methyl sites for hydroxylation is 1. The van der Waals surface area contributed by atoms with Crippen LogP contribution in [-0.2, 0) is 6.61 Å². The van der Waals surface area contributed by atoms with Gasteiger partial charge in [-0.3, -0.25) is 4.79 Å². The van der Waals surface area contributed by atoms with Crippen molar-refractivity contribution in [2.24, 2.45) is 0 Å². The fraction of sp³-hybridized carbons (Fsp3) is 0.174. The van der Waals surface area contributed by atoms with Gasteiger partial charge in [0.1, 0.15) is 23.9 Å². The van der Waals surface area contributed by atoms with Gasteiger partial charge in [0.05, 0.1) is 19.8 Å². The van der Waals surface area contributed by atoms with Crippen molar-refractivity contribution in [2.75, 3.05) is 14.2 Å². The lowest BCUT2D eigenvalue weighted by atomic mass is 9.99. The molecule has 0 aromatic heterocycles. The van der Waals surface area contributed by atoms with E-state index in [-0.39, 0.29) is 0 Å². The molecule has 0 aliphatic rings. The van der Waals surface area contributed by atoms with Crippen molar-refractivity contribution in [1.82, 2.24) is 0 Å². The Hall–Kier alpha value is -3.27. The molecule has 0 radical (unpaired) electrons. The highest BCUT2D eigenvalue weighted by molar-refractivity contribution is 5.84. The first-order valence-electron chi connectivity index (χ1n) is 8.65. The Morgan fingerprint density at radius 2 is 1.59 bits per heavy atom. The van der Waals surface area contributed by atoms with Crippen molar-refractivity contribution < 1.29 is 19.0 Å². The molecule has 0 aliphatic heterocycles. The lowest BCUT2D eigenvalue weighted by Crippen LogP contribution is -2.00. The highest BCUT2D eigenvalue weighted by atomic mass is 16.5. The zero-order valence-corrected chi connectivity index (χ0v) is 15.7. The molecule has 0 atom stereocenters. The van der Waals surface area contributed by atoms with E-state index in [0.29, 0.717) is 35.7 Å². The highest BCUT2D eigenvalue weighted by Crippen LogP contribution is 2.33. The van der Waals surface area contributed by atoms with Gasteiger partial charge >= 0.3 is 0 Å². The summed E-state index contributed by atoms with van der Waals surface area (Å²) in [6, 6.07) is 19.9. The standard InChI is InChI=1S/C23H22O4/c1-16-7-4-5-10-20(16)18-9-6-8-17(11-18)15-27-19-12-22(25-2)21(14-24)23(13-19)26-3/h4-14H,15H2,1-3H3. The second-order valence-corrected chi connectivity index (χ2v) is 6.16. The number of hydrogen-bond donors (Lipinski definition) is 0. The van der Waals surface area contributed by atoms with Crippen LogP contribution in [0.1, 0.15) is 21.5 Å². The van der Waals surface area contributed by atoms with Crippen LogP contribution in [0, 0.1) is 6.92 Å². The number of benzene rings is 3. The van der Waals surface area contributed by atoms with Gasteiger partial charge in [-0.05, 0) is 35.2 Å². The summed E-state index contributed by atoms with van der Waals surface area (Å²) in [6.45, 7) is 2.50. The monoisotopic (exact) mass is 362 g/mol. The Kier molecular flexibility index (Phi) is 5.77. The Bertz CT molecular complexity index is 922. The molecule has 0 saturated carbocycles. The van der Waals surface area contributed by atoms with E-state index in [9.17, 15) is 4.79 Å². The molecule has 0 heterocycles. The summed E-state index contributed by atoms with van der Waals surface area (Å²) in [6.07, 6.45) is 0.715.